The maximum absolute atomic E-state index is 12.2. The third-order valence-corrected chi connectivity index (χ3v) is 4.92. The van der Waals surface area contributed by atoms with Crippen molar-refractivity contribution >= 4 is 22.5 Å². The number of ketones is 1. The molecule has 1 N–H and O–H groups in total. The number of rotatable bonds is 8. The monoisotopic (exact) mass is 365 g/mol. The molecule has 0 spiro atoms. The van der Waals surface area contributed by atoms with Gasteiger partial charge in [-0.2, -0.15) is 0 Å². The van der Waals surface area contributed by atoms with Gasteiger partial charge in [-0.1, -0.05) is 18.2 Å². The van der Waals surface area contributed by atoms with Gasteiger partial charge in [-0.3, -0.25) is 14.8 Å². The Morgan fingerprint density at radius 1 is 0.923 bits per heavy atom. The van der Waals surface area contributed by atoms with Crippen LogP contribution in [0.5, 0.6) is 0 Å². The van der Waals surface area contributed by atoms with E-state index >= 15 is 0 Å². The average molecular weight is 365 g/mol. The number of aromatic nitrogens is 2. The molecule has 2 aromatic heterocycles. The third-order valence-electron chi connectivity index (χ3n) is 3.83. The summed E-state index contributed by atoms with van der Waals surface area (Å²) in [4.78, 5) is 20.8. The Bertz CT molecular complexity index is 869. The van der Waals surface area contributed by atoms with Crippen LogP contribution in [0.25, 0.3) is 0 Å². The second-order valence-electron chi connectivity index (χ2n) is 5.83. The number of hydrogen-bond donors (Lipinski definition) is 1. The molecule has 132 valence electrons. The summed E-state index contributed by atoms with van der Waals surface area (Å²) in [5.41, 5.74) is 2.75. The molecule has 1 atom stereocenters. The van der Waals surface area contributed by atoms with Crippen LogP contribution in [0.1, 0.15) is 17.5 Å². The largest absolute Gasteiger partial charge is 0.301 e. The Kier molecular flexibility index (Phi) is 6.22. The number of benzene rings is 1. The lowest BCUT2D eigenvalue weighted by Crippen LogP contribution is -2.06. The molecule has 0 aliphatic heterocycles. The van der Waals surface area contributed by atoms with E-state index in [9.17, 15) is 9.00 Å². The van der Waals surface area contributed by atoms with Gasteiger partial charge in [-0.25, -0.2) is 4.21 Å². The molecule has 26 heavy (non-hydrogen) atoms. The zero-order valence-corrected chi connectivity index (χ0v) is 15.0. The van der Waals surface area contributed by atoms with Crippen LogP contribution in [-0.4, -0.2) is 20.0 Å². The first-order valence-corrected chi connectivity index (χ1v) is 9.44. The van der Waals surface area contributed by atoms with Gasteiger partial charge in [0.15, 0.2) is 11.0 Å². The molecule has 5 nitrogen and oxygen atoms in total. The Morgan fingerprint density at radius 2 is 1.65 bits per heavy atom. The van der Waals surface area contributed by atoms with Gasteiger partial charge in [0.05, 0.1) is 4.90 Å². The normalized spacial score (nSPS) is 11.7. The molecule has 6 heteroatoms. The number of carbonyl (C=O) groups is 1. The van der Waals surface area contributed by atoms with Crippen molar-refractivity contribution < 1.29 is 9.00 Å². The maximum atomic E-state index is 12.2. The second-order valence-corrected chi connectivity index (χ2v) is 7.05. The van der Waals surface area contributed by atoms with Crippen LogP contribution >= 0.6 is 0 Å². The maximum Gasteiger partial charge on any atom is 0.151 e. The summed E-state index contributed by atoms with van der Waals surface area (Å²) < 4.78 is 15.1. The van der Waals surface area contributed by atoms with Gasteiger partial charge in [-0.15, -0.1) is 0 Å². The van der Waals surface area contributed by atoms with Gasteiger partial charge in [0, 0.05) is 43.3 Å². The van der Waals surface area contributed by atoms with Gasteiger partial charge in [-0.05, 0) is 47.9 Å². The summed E-state index contributed by atoms with van der Waals surface area (Å²) in [5, 5.41) is 0. The summed E-state index contributed by atoms with van der Waals surface area (Å²) in [7, 11) is -1.36. The molecule has 1 aromatic carbocycles. The van der Waals surface area contributed by atoms with E-state index in [1.54, 1.807) is 36.9 Å². The first-order valence-electron chi connectivity index (χ1n) is 8.29. The second kappa shape index (κ2) is 9.01. The fraction of sp³-hybridized carbons (Fsp3) is 0.150. The molecular formula is C20H19N3O2S. The molecular weight excluding hydrogens is 346 g/mol. The lowest BCUT2D eigenvalue weighted by Gasteiger charge is -2.07. The van der Waals surface area contributed by atoms with E-state index in [1.165, 1.54) is 0 Å². The van der Waals surface area contributed by atoms with Crippen LogP contribution in [0.4, 0.5) is 5.69 Å². The molecule has 3 rings (SSSR count). The lowest BCUT2D eigenvalue weighted by atomic mass is 10.0. The van der Waals surface area contributed by atoms with Crippen molar-refractivity contribution in [2.75, 3.05) is 4.72 Å². The van der Waals surface area contributed by atoms with E-state index in [2.05, 4.69) is 14.7 Å². The smallest absolute Gasteiger partial charge is 0.151 e. The molecule has 3 aromatic rings. The van der Waals surface area contributed by atoms with Crippen molar-refractivity contribution in [3.63, 3.8) is 0 Å². The number of aryl methyl sites for hydroxylation is 1. The van der Waals surface area contributed by atoms with Crippen molar-refractivity contribution in [2.24, 2.45) is 0 Å². The van der Waals surface area contributed by atoms with Crippen LogP contribution in [0.15, 0.2) is 78.2 Å². The first-order chi connectivity index (χ1) is 12.7. The Balaban J connectivity index is 1.51. The molecule has 0 saturated carbocycles. The van der Waals surface area contributed by atoms with Crippen LogP contribution in [0.3, 0.4) is 0 Å². The average Bonchev–Trinajstić information content (AvgIpc) is 2.69. The standard InChI is InChI=1S/C20H19N3O2S/c24-19(10-7-17-3-1-11-21-14-17)13-16-5-8-18(9-6-16)23-26(25)20-4-2-12-22-15-20/h1-6,8-9,11-12,14-15,23H,7,10,13H2. The molecule has 0 aliphatic rings. The molecule has 1 unspecified atom stereocenters. The first kappa shape index (κ1) is 17.9. The van der Waals surface area contributed by atoms with Crippen molar-refractivity contribution in [2.45, 2.75) is 24.2 Å². The van der Waals surface area contributed by atoms with Gasteiger partial charge in [0.25, 0.3) is 0 Å². The minimum Gasteiger partial charge on any atom is -0.301 e. The topological polar surface area (TPSA) is 72.0 Å². The molecule has 0 saturated heterocycles. The zero-order chi connectivity index (χ0) is 18.2. The quantitative estimate of drug-likeness (QED) is 0.664. The molecule has 0 amide bonds. The van der Waals surface area contributed by atoms with Crippen LogP contribution in [0.2, 0.25) is 0 Å². The van der Waals surface area contributed by atoms with Crippen LogP contribution < -0.4 is 4.72 Å². The minimum atomic E-state index is -1.36. The number of nitrogens with zero attached hydrogens (tertiary/aromatic N) is 2. The SMILES string of the molecule is O=C(CCc1cccnc1)Cc1ccc(NS(=O)c2cccnc2)cc1. The Labute approximate surface area is 155 Å². The van der Waals surface area contributed by atoms with Crippen LogP contribution in [-0.2, 0) is 28.6 Å². The summed E-state index contributed by atoms with van der Waals surface area (Å²) in [6.07, 6.45) is 8.32. The number of pyridine rings is 2. The minimum absolute atomic E-state index is 0.188. The highest BCUT2D eigenvalue weighted by atomic mass is 32.2. The highest BCUT2D eigenvalue weighted by Crippen LogP contribution is 2.14. The fourth-order valence-corrected chi connectivity index (χ4v) is 3.29. The predicted molar refractivity (Wildman–Crippen MR) is 102 cm³/mol. The molecule has 0 bridgehead atoms. The molecule has 2 heterocycles. The summed E-state index contributed by atoms with van der Waals surface area (Å²) in [6.45, 7) is 0. The number of hydrogen-bond acceptors (Lipinski definition) is 4. The van der Waals surface area contributed by atoms with Gasteiger partial charge < -0.3 is 4.72 Å². The van der Waals surface area contributed by atoms with Gasteiger partial charge >= 0.3 is 0 Å². The number of anilines is 1. The van der Waals surface area contributed by atoms with E-state index in [4.69, 9.17) is 0 Å². The Morgan fingerprint density at radius 3 is 2.31 bits per heavy atom. The van der Waals surface area contributed by atoms with Crippen molar-refractivity contribution in [1.82, 2.24) is 9.97 Å². The van der Waals surface area contributed by atoms with E-state index in [-0.39, 0.29) is 5.78 Å². The number of nitrogens with one attached hydrogen (secondary N) is 1. The van der Waals surface area contributed by atoms with Crippen LogP contribution in [0, 0.1) is 0 Å². The lowest BCUT2D eigenvalue weighted by molar-refractivity contribution is -0.118. The van der Waals surface area contributed by atoms with E-state index in [0.29, 0.717) is 24.2 Å². The van der Waals surface area contributed by atoms with Gasteiger partial charge in [0.2, 0.25) is 0 Å². The third kappa shape index (κ3) is 5.32. The highest BCUT2D eigenvalue weighted by molar-refractivity contribution is 7.86. The molecule has 0 radical (unpaired) electrons. The summed E-state index contributed by atoms with van der Waals surface area (Å²) in [6, 6.07) is 14.8. The van der Waals surface area contributed by atoms with Crippen molar-refractivity contribution in [3.8, 4) is 0 Å². The van der Waals surface area contributed by atoms with E-state index in [0.717, 1.165) is 16.8 Å². The highest BCUT2D eigenvalue weighted by Gasteiger charge is 2.07. The van der Waals surface area contributed by atoms with E-state index in [1.807, 2.05) is 36.4 Å². The van der Waals surface area contributed by atoms with Crippen molar-refractivity contribution in [1.29, 1.82) is 0 Å². The molecule has 0 aliphatic carbocycles. The number of carbonyl (C=O) groups excluding carboxylic acids is 1. The fourth-order valence-electron chi connectivity index (χ4n) is 2.46. The number of Topliss-reactive ketones (excluding diaryl/α,β-unsaturated/α-hetero) is 1. The summed E-state index contributed by atoms with van der Waals surface area (Å²) in [5.74, 6) is 0.188. The molecule has 0 fully saturated rings. The van der Waals surface area contributed by atoms with Crippen molar-refractivity contribution in [3.05, 3.63) is 84.4 Å². The predicted octanol–water partition coefficient (Wildman–Crippen LogP) is 3.36. The van der Waals surface area contributed by atoms with Gasteiger partial charge in [0.1, 0.15) is 5.78 Å². The zero-order valence-electron chi connectivity index (χ0n) is 14.2. The summed E-state index contributed by atoms with van der Waals surface area (Å²) >= 11 is 0. The Hall–Kier alpha value is -2.86. The van der Waals surface area contributed by atoms with E-state index < -0.39 is 11.0 Å².